The summed E-state index contributed by atoms with van der Waals surface area (Å²) >= 11 is 0. The van der Waals surface area contributed by atoms with E-state index in [1.807, 2.05) is 0 Å². The lowest BCUT2D eigenvalue weighted by molar-refractivity contribution is 0.598. The number of rotatable bonds is 2. The average Bonchev–Trinajstić information content (AvgIpc) is 2.05. The summed E-state index contributed by atoms with van der Waals surface area (Å²) in [5.41, 5.74) is 0.229. The van der Waals surface area contributed by atoms with Crippen LogP contribution in [-0.4, -0.2) is 8.42 Å². The maximum absolute atomic E-state index is 10.8. The van der Waals surface area contributed by atoms with Gasteiger partial charge in [-0.3, -0.25) is 0 Å². The molecule has 1 rings (SSSR count). The summed E-state index contributed by atoms with van der Waals surface area (Å²) in [4.78, 5) is 0. The molecule has 1 aromatic rings. The van der Waals surface area contributed by atoms with Crippen molar-refractivity contribution in [2.75, 3.05) is 4.31 Å². The predicted octanol–water partition coefficient (Wildman–Crippen LogP) is 0.178. The topological polar surface area (TPSA) is 87.2 Å². The van der Waals surface area contributed by atoms with E-state index >= 15 is 0 Å². The van der Waals surface area contributed by atoms with E-state index in [2.05, 4.69) is 0 Å². The molecule has 2 N–H and O–H groups in total. The second-order valence-electron chi connectivity index (χ2n) is 2.24. The molecule has 6 heteroatoms. The van der Waals surface area contributed by atoms with E-state index in [9.17, 15) is 8.42 Å². The van der Waals surface area contributed by atoms with E-state index in [0.29, 0.717) is 4.31 Å². The Hall–Kier alpha value is -1.58. The first-order valence-electron chi connectivity index (χ1n) is 3.33. The van der Waals surface area contributed by atoms with Crippen molar-refractivity contribution in [2.45, 2.75) is 0 Å². The van der Waals surface area contributed by atoms with Gasteiger partial charge < -0.3 is 0 Å². The Balaban J connectivity index is 3.16. The van der Waals surface area contributed by atoms with Gasteiger partial charge in [-0.2, -0.15) is 18.0 Å². The predicted molar refractivity (Wildman–Crippen MR) is 47.6 cm³/mol. The molecule has 0 heterocycles. The molecule has 0 aliphatic carbocycles. The molecule has 0 aliphatic heterocycles. The van der Waals surface area contributed by atoms with Crippen molar-refractivity contribution >= 4 is 15.9 Å². The van der Waals surface area contributed by atoms with Crippen LogP contribution >= 0.6 is 0 Å². The zero-order chi connectivity index (χ0) is 9.90. The highest BCUT2D eigenvalue weighted by molar-refractivity contribution is 7.90. The van der Waals surface area contributed by atoms with Crippen molar-refractivity contribution in [3.05, 3.63) is 30.3 Å². The van der Waals surface area contributed by atoms with E-state index in [0.717, 1.165) is 0 Å². The van der Waals surface area contributed by atoms with Crippen LogP contribution in [-0.2, 0) is 10.2 Å². The van der Waals surface area contributed by atoms with Gasteiger partial charge in [-0.25, -0.2) is 5.14 Å². The third-order valence-electron chi connectivity index (χ3n) is 1.34. The van der Waals surface area contributed by atoms with Gasteiger partial charge >= 0.3 is 10.2 Å². The Morgan fingerprint density at radius 1 is 1.31 bits per heavy atom. The normalized spacial score (nSPS) is 10.5. The van der Waals surface area contributed by atoms with Crippen molar-refractivity contribution in [3.8, 4) is 6.19 Å². The molecule has 0 radical (unpaired) electrons. The molecule has 5 nitrogen and oxygen atoms in total. The monoisotopic (exact) mass is 197 g/mol. The third-order valence-corrected chi connectivity index (χ3v) is 2.14. The first-order chi connectivity index (χ1) is 6.05. The lowest BCUT2D eigenvalue weighted by atomic mass is 10.3. The summed E-state index contributed by atoms with van der Waals surface area (Å²) in [6.07, 6.45) is 1.48. The number of nitrogens with zero attached hydrogens (tertiary/aromatic N) is 2. The van der Waals surface area contributed by atoms with Gasteiger partial charge in [-0.1, -0.05) is 18.2 Å². The molecule has 0 atom stereocenters. The molecule has 1 aromatic carbocycles. The summed E-state index contributed by atoms with van der Waals surface area (Å²) in [6, 6.07) is 7.90. The van der Waals surface area contributed by atoms with Gasteiger partial charge in [0.05, 0.1) is 5.69 Å². The van der Waals surface area contributed by atoms with Crippen molar-refractivity contribution in [3.63, 3.8) is 0 Å². The molecule has 0 saturated heterocycles. The third kappa shape index (κ3) is 2.18. The molecular weight excluding hydrogens is 190 g/mol. The Kier molecular flexibility index (Phi) is 2.51. The van der Waals surface area contributed by atoms with Crippen LogP contribution in [0.15, 0.2) is 30.3 Å². The Bertz CT molecular complexity index is 421. The fourth-order valence-corrected chi connectivity index (χ4v) is 1.35. The van der Waals surface area contributed by atoms with Crippen molar-refractivity contribution in [1.82, 2.24) is 0 Å². The first-order valence-corrected chi connectivity index (χ1v) is 4.84. The molecule has 0 bridgehead atoms. The van der Waals surface area contributed by atoms with Crippen LogP contribution in [0.2, 0.25) is 0 Å². The lowest BCUT2D eigenvalue weighted by Crippen LogP contribution is -2.32. The Morgan fingerprint density at radius 2 is 1.85 bits per heavy atom. The second-order valence-corrected chi connectivity index (χ2v) is 3.64. The van der Waals surface area contributed by atoms with Crippen LogP contribution in [0, 0.1) is 11.5 Å². The molecule has 0 amide bonds. The maximum atomic E-state index is 10.8. The number of benzene rings is 1. The molecule has 0 spiro atoms. The summed E-state index contributed by atoms with van der Waals surface area (Å²) in [5, 5.41) is 13.3. The van der Waals surface area contributed by atoms with E-state index in [1.54, 1.807) is 18.2 Å². The van der Waals surface area contributed by atoms with Crippen molar-refractivity contribution < 1.29 is 8.42 Å². The number of para-hydroxylation sites is 1. The molecule has 0 saturated carbocycles. The highest BCUT2D eigenvalue weighted by Gasteiger charge is 2.16. The number of hydrogen-bond acceptors (Lipinski definition) is 3. The van der Waals surface area contributed by atoms with Gasteiger partial charge in [0.1, 0.15) is 0 Å². The minimum atomic E-state index is -4.00. The number of hydrogen-bond donors (Lipinski definition) is 1. The van der Waals surface area contributed by atoms with E-state index in [4.69, 9.17) is 10.4 Å². The summed E-state index contributed by atoms with van der Waals surface area (Å²) in [7, 11) is -4.00. The van der Waals surface area contributed by atoms with Gasteiger partial charge in [0.15, 0.2) is 6.19 Å². The lowest BCUT2D eigenvalue weighted by Gasteiger charge is -2.11. The molecule has 0 fully saturated rings. The standard InChI is InChI=1S/C7H7N3O2S/c8-6-10(13(9,11)12)7-4-2-1-3-5-7/h1-5H,(H2,9,11,12). The smallest absolute Gasteiger partial charge is 0.210 e. The van der Waals surface area contributed by atoms with Crippen molar-refractivity contribution in [1.29, 1.82) is 5.26 Å². The number of anilines is 1. The van der Waals surface area contributed by atoms with E-state index < -0.39 is 10.2 Å². The average molecular weight is 197 g/mol. The largest absolute Gasteiger partial charge is 0.311 e. The van der Waals surface area contributed by atoms with Gasteiger partial charge in [-0.05, 0) is 12.1 Å². The summed E-state index contributed by atoms with van der Waals surface area (Å²) < 4.78 is 22.1. The fourth-order valence-electron chi connectivity index (χ4n) is 0.825. The summed E-state index contributed by atoms with van der Waals surface area (Å²) in [5.74, 6) is 0. The SMILES string of the molecule is N#CN(c1ccccc1)S(N)(=O)=O. The van der Waals surface area contributed by atoms with E-state index in [1.165, 1.54) is 18.3 Å². The highest BCUT2D eigenvalue weighted by atomic mass is 32.2. The Morgan fingerprint density at radius 3 is 2.23 bits per heavy atom. The van der Waals surface area contributed by atoms with Gasteiger partial charge in [0.2, 0.25) is 0 Å². The molecular formula is C7H7N3O2S. The van der Waals surface area contributed by atoms with Crippen LogP contribution in [0.5, 0.6) is 0 Å². The van der Waals surface area contributed by atoms with Gasteiger partial charge in [0, 0.05) is 0 Å². The van der Waals surface area contributed by atoms with Crippen LogP contribution in [0.4, 0.5) is 5.69 Å². The zero-order valence-electron chi connectivity index (χ0n) is 6.58. The van der Waals surface area contributed by atoms with Gasteiger partial charge in [0.25, 0.3) is 0 Å². The van der Waals surface area contributed by atoms with E-state index in [-0.39, 0.29) is 5.69 Å². The molecule has 0 aliphatic rings. The molecule has 0 aromatic heterocycles. The minimum Gasteiger partial charge on any atom is -0.210 e. The number of nitriles is 1. The van der Waals surface area contributed by atoms with Crippen LogP contribution < -0.4 is 9.44 Å². The van der Waals surface area contributed by atoms with Gasteiger partial charge in [-0.15, -0.1) is 0 Å². The molecule has 68 valence electrons. The highest BCUT2D eigenvalue weighted by Crippen LogP contribution is 2.13. The number of nitrogens with two attached hydrogens (primary N) is 1. The first kappa shape index (κ1) is 9.51. The fraction of sp³-hybridized carbons (Fsp3) is 0. The minimum absolute atomic E-state index is 0.229. The zero-order valence-corrected chi connectivity index (χ0v) is 7.40. The molecule has 0 unspecified atom stereocenters. The van der Waals surface area contributed by atoms with Crippen LogP contribution in [0.1, 0.15) is 0 Å². The van der Waals surface area contributed by atoms with Crippen LogP contribution in [0.3, 0.4) is 0 Å². The Labute approximate surface area is 76.2 Å². The maximum Gasteiger partial charge on any atom is 0.311 e. The quantitative estimate of drug-likeness (QED) is 0.541. The van der Waals surface area contributed by atoms with Crippen molar-refractivity contribution in [2.24, 2.45) is 5.14 Å². The molecule has 13 heavy (non-hydrogen) atoms. The second kappa shape index (κ2) is 3.43. The summed E-state index contributed by atoms with van der Waals surface area (Å²) in [6.45, 7) is 0. The van der Waals surface area contributed by atoms with Crippen LogP contribution in [0.25, 0.3) is 0 Å².